The Morgan fingerprint density at radius 1 is 1.00 bits per heavy atom. The zero-order valence-corrected chi connectivity index (χ0v) is 15.7. The SMILES string of the molecule is CCCCCCCCCNC(=O)C(=O)Nc1ccc(Br)c(C)c1. The lowest BCUT2D eigenvalue weighted by Gasteiger charge is -2.08. The Labute approximate surface area is 147 Å². The molecule has 23 heavy (non-hydrogen) atoms. The Morgan fingerprint density at radius 3 is 2.30 bits per heavy atom. The average molecular weight is 383 g/mol. The fourth-order valence-corrected chi connectivity index (χ4v) is 2.52. The van der Waals surface area contributed by atoms with Crippen LogP contribution in [0.3, 0.4) is 0 Å². The van der Waals surface area contributed by atoms with Crippen LogP contribution in [0.1, 0.15) is 57.4 Å². The minimum absolute atomic E-state index is 0.555. The summed E-state index contributed by atoms with van der Waals surface area (Å²) >= 11 is 3.40. The van der Waals surface area contributed by atoms with Gasteiger partial charge in [0.1, 0.15) is 0 Å². The molecule has 0 fully saturated rings. The lowest BCUT2D eigenvalue weighted by Crippen LogP contribution is -2.35. The van der Waals surface area contributed by atoms with Gasteiger partial charge in [0, 0.05) is 16.7 Å². The number of aryl methyl sites for hydroxylation is 1. The molecule has 1 aromatic carbocycles. The number of rotatable bonds is 9. The van der Waals surface area contributed by atoms with Crippen LogP contribution in [0.2, 0.25) is 0 Å². The number of hydrogen-bond acceptors (Lipinski definition) is 2. The van der Waals surface area contributed by atoms with Crippen molar-refractivity contribution in [3.05, 3.63) is 28.2 Å². The summed E-state index contributed by atoms with van der Waals surface area (Å²) in [5.41, 5.74) is 1.63. The van der Waals surface area contributed by atoms with Crippen molar-refractivity contribution >= 4 is 33.4 Å². The van der Waals surface area contributed by atoms with Gasteiger partial charge in [-0.2, -0.15) is 0 Å². The van der Waals surface area contributed by atoms with E-state index in [0.29, 0.717) is 12.2 Å². The summed E-state index contributed by atoms with van der Waals surface area (Å²) in [6, 6.07) is 5.44. The van der Waals surface area contributed by atoms with Gasteiger partial charge in [-0.3, -0.25) is 9.59 Å². The maximum absolute atomic E-state index is 11.8. The fraction of sp³-hybridized carbons (Fsp3) is 0.556. The van der Waals surface area contributed by atoms with Crippen LogP contribution in [-0.4, -0.2) is 18.4 Å². The summed E-state index contributed by atoms with van der Waals surface area (Å²) in [7, 11) is 0. The molecule has 0 saturated carbocycles. The predicted molar refractivity (Wildman–Crippen MR) is 98.5 cm³/mol. The topological polar surface area (TPSA) is 58.2 Å². The summed E-state index contributed by atoms with van der Waals surface area (Å²) in [5, 5.41) is 5.28. The number of carbonyl (C=O) groups is 2. The first kappa shape index (κ1) is 19.7. The van der Waals surface area contributed by atoms with Crippen molar-refractivity contribution in [1.29, 1.82) is 0 Å². The van der Waals surface area contributed by atoms with Gasteiger partial charge in [0.15, 0.2) is 0 Å². The van der Waals surface area contributed by atoms with Gasteiger partial charge < -0.3 is 10.6 Å². The van der Waals surface area contributed by atoms with Gasteiger partial charge in [-0.15, -0.1) is 0 Å². The number of nitrogens with one attached hydrogen (secondary N) is 2. The van der Waals surface area contributed by atoms with E-state index in [-0.39, 0.29) is 0 Å². The highest BCUT2D eigenvalue weighted by Crippen LogP contribution is 2.19. The van der Waals surface area contributed by atoms with Crippen LogP contribution < -0.4 is 10.6 Å². The summed E-state index contributed by atoms with van der Waals surface area (Å²) in [5.74, 6) is -1.19. The van der Waals surface area contributed by atoms with Gasteiger partial charge in [-0.1, -0.05) is 61.4 Å². The van der Waals surface area contributed by atoms with Crippen molar-refractivity contribution in [2.45, 2.75) is 58.8 Å². The van der Waals surface area contributed by atoms with E-state index >= 15 is 0 Å². The molecule has 0 unspecified atom stereocenters. The van der Waals surface area contributed by atoms with Gasteiger partial charge in [-0.05, 0) is 37.1 Å². The molecule has 0 heterocycles. The van der Waals surface area contributed by atoms with Crippen molar-refractivity contribution in [1.82, 2.24) is 5.32 Å². The van der Waals surface area contributed by atoms with Gasteiger partial charge in [0.05, 0.1) is 0 Å². The molecule has 5 heteroatoms. The third-order valence-electron chi connectivity index (χ3n) is 3.69. The highest BCUT2D eigenvalue weighted by atomic mass is 79.9. The highest BCUT2D eigenvalue weighted by molar-refractivity contribution is 9.10. The van der Waals surface area contributed by atoms with E-state index in [9.17, 15) is 9.59 Å². The van der Waals surface area contributed by atoms with Crippen LogP contribution in [0.15, 0.2) is 22.7 Å². The zero-order chi connectivity index (χ0) is 17.1. The first-order valence-electron chi connectivity index (χ1n) is 8.40. The van der Waals surface area contributed by atoms with Crippen LogP contribution in [-0.2, 0) is 9.59 Å². The van der Waals surface area contributed by atoms with Crippen molar-refractivity contribution in [2.24, 2.45) is 0 Å². The maximum Gasteiger partial charge on any atom is 0.313 e. The molecular formula is C18H27BrN2O2. The first-order valence-corrected chi connectivity index (χ1v) is 9.19. The smallest absolute Gasteiger partial charge is 0.313 e. The van der Waals surface area contributed by atoms with Crippen LogP contribution >= 0.6 is 15.9 Å². The van der Waals surface area contributed by atoms with E-state index in [1.54, 1.807) is 6.07 Å². The van der Waals surface area contributed by atoms with Gasteiger partial charge >= 0.3 is 11.8 Å². The molecule has 2 N–H and O–H groups in total. The van der Waals surface area contributed by atoms with E-state index < -0.39 is 11.8 Å². The molecule has 0 spiro atoms. The number of benzene rings is 1. The minimum Gasteiger partial charge on any atom is -0.348 e. The summed E-state index contributed by atoms with van der Waals surface area (Å²) in [6.07, 6.45) is 8.30. The second-order valence-corrected chi connectivity index (χ2v) is 6.65. The number of unbranched alkanes of at least 4 members (excludes halogenated alkanes) is 6. The van der Waals surface area contributed by atoms with E-state index in [4.69, 9.17) is 0 Å². The van der Waals surface area contributed by atoms with Crippen LogP contribution in [0.5, 0.6) is 0 Å². The molecule has 0 aliphatic carbocycles. The molecule has 128 valence electrons. The van der Waals surface area contributed by atoms with Crippen LogP contribution in [0.25, 0.3) is 0 Å². The van der Waals surface area contributed by atoms with Crippen LogP contribution in [0.4, 0.5) is 5.69 Å². The molecule has 1 aromatic rings. The third kappa shape index (κ3) is 8.16. The second-order valence-electron chi connectivity index (χ2n) is 5.80. The monoisotopic (exact) mass is 382 g/mol. The Hall–Kier alpha value is -1.36. The minimum atomic E-state index is -0.616. The van der Waals surface area contributed by atoms with Gasteiger partial charge in [-0.25, -0.2) is 0 Å². The Bertz CT molecular complexity index is 518. The van der Waals surface area contributed by atoms with Gasteiger partial charge in [0.25, 0.3) is 0 Å². The number of anilines is 1. The molecular weight excluding hydrogens is 356 g/mol. The van der Waals surface area contributed by atoms with E-state index in [0.717, 1.165) is 22.9 Å². The summed E-state index contributed by atoms with van der Waals surface area (Å²) in [4.78, 5) is 23.6. The zero-order valence-electron chi connectivity index (χ0n) is 14.1. The standard InChI is InChI=1S/C18H27BrN2O2/c1-3-4-5-6-7-8-9-12-20-17(22)18(23)21-15-10-11-16(19)14(2)13-15/h10-11,13H,3-9,12H2,1-2H3,(H,20,22)(H,21,23). The molecule has 0 aromatic heterocycles. The Balaban J connectivity index is 2.19. The maximum atomic E-state index is 11.8. The number of halogens is 1. The summed E-state index contributed by atoms with van der Waals surface area (Å²) in [6.45, 7) is 4.69. The molecule has 0 atom stereocenters. The number of carbonyl (C=O) groups excluding carboxylic acids is 2. The van der Waals surface area contributed by atoms with Crippen molar-refractivity contribution in [2.75, 3.05) is 11.9 Å². The fourth-order valence-electron chi connectivity index (χ4n) is 2.27. The van der Waals surface area contributed by atoms with Gasteiger partial charge in [0.2, 0.25) is 0 Å². The molecule has 1 rings (SSSR count). The predicted octanol–water partition coefficient (Wildman–Crippen LogP) is 4.56. The molecule has 4 nitrogen and oxygen atoms in total. The molecule has 2 amide bonds. The van der Waals surface area contributed by atoms with Crippen LogP contribution in [0, 0.1) is 6.92 Å². The highest BCUT2D eigenvalue weighted by Gasteiger charge is 2.13. The second kappa shape index (κ2) is 11.2. The van der Waals surface area contributed by atoms with Crippen molar-refractivity contribution in [3.63, 3.8) is 0 Å². The van der Waals surface area contributed by atoms with E-state index in [2.05, 4.69) is 33.5 Å². The lowest BCUT2D eigenvalue weighted by atomic mass is 10.1. The third-order valence-corrected chi connectivity index (χ3v) is 4.58. The van der Waals surface area contributed by atoms with E-state index in [1.165, 1.54) is 32.1 Å². The average Bonchev–Trinajstić information content (AvgIpc) is 2.53. The quantitative estimate of drug-likeness (QED) is 0.485. The summed E-state index contributed by atoms with van der Waals surface area (Å²) < 4.78 is 0.971. The molecule has 0 saturated heterocycles. The number of amides is 2. The molecule has 0 aliphatic rings. The molecule has 0 bridgehead atoms. The largest absolute Gasteiger partial charge is 0.348 e. The lowest BCUT2D eigenvalue weighted by molar-refractivity contribution is -0.136. The first-order chi connectivity index (χ1) is 11.0. The van der Waals surface area contributed by atoms with Crippen molar-refractivity contribution in [3.8, 4) is 0 Å². The van der Waals surface area contributed by atoms with Crippen molar-refractivity contribution < 1.29 is 9.59 Å². The molecule has 0 radical (unpaired) electrons. The Kier molecular flexibility index (Phi) is 9.60. The normalized spacial score (nSPS) is 10.4. The number of hydrogen-bond donors (Lipinski definition) is 2. The molecule has 0 aliphatic heterocycles. The van der Waals surface area contributed by atoms with E-state index in [1.807, 2.05) is 19.1 Å². The Morgan fingerprint density at radius 2 is 1.65 bits per heavy atom.